The van der Waals surface area contributed by atoms with E-state index in [0.29, 0.717) is 6.54 Å². The van der Waals surface area contributed by atoms with E-state index >= 15 is 0 Å². The minimum Gasteiger partial charge on any atom is -0.496 e. The van der Waals surface area contributed by atoms with Gasteiger partial charge < -0.3 is 20.1 Å². The molecule has 1 heterocycles. The molecule has 1 aliphatic heterocycles. The number of amides is 2. The Labute approximate surface area is 126 Å². The molecule has 21 heavy (non-hydrogen) atoms. The summed E-state index contributed by atoms with van der Waals surface area (Å²) >= 11 is 0. The number of para-hydroxylation sites is 1. The molecule has 2 rings (SSSR count). The van der Waals surface area contributed by atoms with Crippen molar-refractivity contribution < 1.29 is 14.3 Å². The maximum Gasteiger partial charge on any atom is 0.315 e. The van der Waals surface area contributed by atoms with Crippen LogP contribution in [0.4, 0.5) is 4.79 Å². The summed E-state index contributed by atoms with van der Waals surface area (Å²) < 4.78 is 10.9. The normalized spacial score (nSPS) is 18.3. The van der Waals surface area contributed by atoms with E-state index in [2.05, 4.69) is 10.6 Å². The SMILES string of the molecule is COc1ccccc1C(C)(C)NC(=O)NCC1CCCO1. The van der Waals surface area contributed by atoms with Crippen molar-refractivity contribution in [3.8, 4) is 5.75 Å². The highest BCUT2D eigenvalue weighted by atomic mass is 16.5. The van der Waals surface area contributed by atoms with Gasteiger partial charge in [-0.3, -0.25) is 0 Å². The summed E-state index contributed by atoms with van der Waals surface area (Å²) in [6, 6.07) is 7.50. The van der Waals surface area contributed by atoms with Gasteiger partial charge in [0.2, 0.25) is 0 Å². The quantitative estimate of drug-likeness (QED) is 0.876. The molecule has 1 unspecified atom stereocenters. The zero-order chi connectivity index (χ0) is 15.3. The van der Waals surface area contributed by atoms with Gasteiger partial charge in [-0.05, 0) is 32.8 Å². The molecular weight excluding hydrogens is 268 g/mol. The van der Waals surface area contributed by atoms with Crippen LogP contribution in [0.2, 0.25) is 0 Å². The molecule has 2 amide bonds. The topological polar surface area (TPSA) is 59.6 Å². The number of nitrogens with one attached hydrogen (secondary N) is 2. The fraction of sp³-hybridized carbons (Fsp3) is 0.562. The third-order valence-electron chi connectivity index (χ3n) is 3.72. The van der Waals surface area contributed by atoms with E-state index in [1.165, 1.54) is 0 Å². The minimum absolute atomic E-state index is 0.144. The number of methoxy groups -OCH3 is 1. The van der Waals surface area contributed by atoms with Gasteiger partial charge in [-0.25, -0.2) is 4.79 Å². The maximum atomic E-state index is 12.1. The van der Waals surface area contributed by atoms with Crippen molar-refractivity contribution in [3.63, 3.8) is 0 Å². The van der Waals surface area contributed by atoms with Crippen LogP contribution < -0.4 is 15.4 Å². The highest BCUT2D eigenvalue weighted by Gasteiger charge is 2.26. The fourth-order valence-corrected chi connectivity index (χ4v) is 2.57. The lowest BCUT2D eigenvalue weighted by Crippen LogP contribution is -2.48. The smallest absolute Gasteiger partial charge is 0.315 e. The second-order valence-corrected chi connectivity index (χ2v) is 5.80. The Morgan fingerprint density at radius 3 is 2.86 bits per heavy atom. The fourth-order valence-electron chi connectivity index (χ4n) is 2.57. The molecule has 5 heteroatoms. The molecule has 0 spiro atoms. The van der Waals surface area contributed by atoms with E-state index in [-0.39, 0.29) is 12.1 Å². The zero-order valence-electron chi connectivity index (χ0n) is 12.9. The number of hydrogen-bond donors (Lipinski definition) is 2. The summed E-state index contributed by atoms with van der Waals surface area (Å²) in [6.07, 6.45) is 2.22. The van der Waals surface area contributed by atoms with Crippen LogP contribution in [-0.4, -0.2) is 32.4 Å². The van der Waals surface area contributed by atoms with E-state index in [1.807, 2.05) is 38.1 Å². The van der Waals surface area contributed by atoms with Crippen LogP contribution in [0.5, 0.6) is 5.75 Å². The summed E-state index contributed by atoms with van der Waals surface area (Å²) in [5, 5.41) is 5.86. The van der Waals surface area contributed by atoms with Gasteiger partial charge in [0, 0.05) is 18.7 Å². The van der Waals surface area contributed by atoms with Gasteiger partial charge in [0.25, 0.3) is 0 Å². The summed E-state index contributed by atoms with van der Waals surface area (Å²) in [6.45, 7) is 5.25. The van der Waals surface area contributed by atoms with Crippen molar-refractivity contribution in [1.82, 2.24) is 10.6 Å². The first-order valence-corrected chi connectivity index (χ1v) is 7.34. The minimum atomic E-state index is -0.521. The third kappa shape index (κ3) is 4.11. The molecule has 0 radical (unpaired) electrons. The molecule has 116 valence electrons. The summed E-state index contributed by atoms with van der Waals surface area (Å²) in [4.78, 5) is 12.1. The summed E-state index contributed by atoms with van der Waals surface area (Å²) in [5.74, 6) is 0.766. The molecule has 0 aromatic heterocycles. The Bertz CT molecular complexity index is 482. The molecule has 0 bridgehead atoms. The Morgan fingerprint density at radius 1 is 1.43 bits per heavy atom. The van der Waals surface area contributed by atoms with E-state index in [9.17, 15) is 4.79 Å². The second-order valence-electron chi connectivity index (χ2n) is 5.80. The monoisotopic (exact) mass is 292 g/mol. The number of carbonyl (C=O) groups is 1. The van der Waals surface area contributed by atoms with Crippen LogP contribution in [-0.2, 0) is 10.3 Å². The average Bonchev–Trinajstić information content (AvgIpc) is 2.98. The lowest BCUT2D eigenvalue weighted by Gasteiger charge is -2.28. The first-order valence-electron chi connectivity index (χ1n) is 7.34. The first-order chi connectivity index (χ1) is 10.0. The molecule has 1 aliphatic rings. The van der Waals surface area contributed by atoms with Crippen molar-refractivity contribution in [1.29, 1.82) is 0 Å². The Balaban J connectivity index is 1.94. The van der Waals surface area contributed by atoms with E-state index in [1.54, 1.807) is 7.11 Å². The number of urea groups is 1. The van der Waals surface area contributed by atoms with Crippen LogP contribution in [0.15, 0.2) is 24.3 Å². The van der Waals surface area contributed by atoms with Gasteiger partial charge in [-0.2, -0.15) is 0 Å². The molecule has 1 fully saturated rings. The predicted octanol–water partition coefficient (Wildman–Crippen LogP) is 2.41. The largest absolute Gasteiger partial charge is 0.496 e. The number of carbonyl (C=O) groups excluding carboxylic acids is 1. The second kappa shape index (κ2) is 6.80. The number of ether oxygens (including phenoxy) is 2. The standard InChI is InChI=1S/C16H24N2O3/c1-16(2,13-8-4-5-9-14(13)20-3)18-15(19)17-11-12-7-6-10-21-12/h4-5,8-9,12H,6-7,10-11H2,1-3H3,(H2,17,18,19). The van der Waals surface area contributed by atoms with Crippen molar-refractivity contribution in [2.45, 2.75) is 38.3 Å². The number of hydrogen-bond acceptors (Lipinski definition) is 3. The molecule has 1 aromatic rings. The average molecular weight is 292 g/mol. The summed E-state index contributed by atoms with van der Waals surface area (Å²) in [7, 11) is 1.63. The molecule has 1 aromatic carbocycles. The van der Waals surface area contributed by atoms with Crippen LogP contribution >= 0.6 is 0 Å². The number of benzene rings is 1. The van der Waals surface area contributed by atoms with Crippen molar-refractivity contribution >= 4 is 6.03 Å². The molecule has 5 nitrogen and oxygen atoms in total. The van der Waals surface area contributed by atoms with Crippen LogP contribution in [0.3, 0.4) is 0 Å². The molecule has 0 aliphatic carbocycles. The predicted molar refractivity (Wildman–Crippen MR) is 81.5 cm³/mol. The molecule has 2 N–H and O–H groups in total. The van der Waals surface area contributed by atoms with Gasteiger partial charge in [0.1, 0.15) is 5.75 Å². The van der Waals surface area contributed by atoms with Gasteiger partial charge in [-0.15, -0.1) is 0 Å². The van der Waals surface area contributed by atoms with Crippen LogP contribution in [0.25, 0.3) is 0 Å². The van der Waals surface area contributed by atoms with Gasteiger partial charge >= 0.3 is 6.03 Å². The van der Waals surface area contributed by atoms with Crippen molar-refractivity contribution in [2.24, 2.45) is 0 Å². The lowest BCUT2D eigenvalue weighted by atomic mass is 9.93. The Kier molecular flexibility index (Phi) is 5.07. The highest BCUT2D eigenvalue weighted by molar-refractivity contribution is 5.75. The zero-order valence-corrected chi connectivity index (χ0v) is 12.9. The molecule has 1 atom stereocenters. The van der Waals surface area contributed by atoms with Gasteiger partial charge in [0.15, 0.2) is 0 Å². The van der Waals surface area contributed by atoms with Crippen LogP contribution in [0.1, 0.15) is 32.3 Å². The van der Waals surface area contributed by atoms with Crippen molar-refractivity contribution in [3.05, 3.63) is 29.8 Å². The Morgan fingerprint density at radius 2 is 2.19 bits per heavy atom. The maximum absolute atomic E-state index is 12.1. The first kappa shape index (κ1) is 15.6. The lowest BCUT2D eigenvalue weighted by molar-refractivity contribution is 0.111. The van der Waals surface area contributed by atoms with E-state index < -0.39 is 5.54 Å². The number of rotatable bonds is 5. The van der Waals surface area contributed by atoms with Gasteiger partial charge in [0.05, 0.1) is 18.8 Å². The van der Waals surface area contributed by atoms with Gasteiger partial charge in [-0.1, -0.05) is 18.2 Å². The Hall–Kier alpha value is -1.75. The molecular formula is C16H24N2O3. The molecule has 1 saturated heterocycles. The van der Waals surface area contributed by atoms with E-state index in [4.69, 9.17) is 9.47 Å². The van der Waals surface area contributed by atoms with E-state index in [0.717, 1.165) is 30.8 Å². The molecule has 0 saturated carbocycles. The van der Waals surface area contributed by atoms with Crippen molar-refractivity contribution in [2.75, 3.05) is 20.3 Å². The highest BCUT2D eigenvalue weighted by Crippen LogP contribution is 2.29. The van der Waals surface area contributed by atoms with Crippen LogP contribution in [0, 0.1) is 0 Å². The third-order valence-corrected chi connectivity index (χ3v) is 3.72. The summed E-state index contributed by atoms with van der Waals surface area (Å²) in [5.41, 5.74) is 0.424.